The summed E-state index contributed by atoms with van der Waals surface area (Å²) < 4.78 is 18.2. The predicted octanol–water partition coefficient (Wildman–Crippen LogP) is 3.49. The zero-order chi connectivity index (χ0) is 29.2. The summed E-state index contributed by atoms with van der Waals surface area (Å²) in [6.07, 6.45) is 0. The molecule has 9 heteroatoms. The maximum Gasteiger partial charge on any atom is 0.361 e. The van der Waals surface area contributed by atoms with Crippen molar-refractivity contribution in [2.45, 2.75) is 27.1 Å². The van der Waals surface area contributed by atoms with Gasteiger partial charge in [0.15, 0.2) is 0 Å². The zero-order valence-electron chi connectivity index (χ0n) is 23.6. The minimum atomic E-state index is -0.211. The fraction of sp³-hybridized carbons (Fsp3) is 0.250. The highest BCUT2D eigenvalue weighted by molar-refractivity contribution is 6.80. The summed E-state index contributed by atoms with van der Waals surface area (Å²) in [5.41, 5.74) is 19.9. The Balaban J connectivity index is 1.37. The van der Waals surface area contributed by atoms with Crippen molar-refractivity contribution in [3.63, 3.8) is 0 Å². The molecule has 4 rings (SSSR count). The minimum Gasteiger partial charge on any atom is -0.426 e. The third-order valence-corrected chi connectivity index (χ3v) is 7.72. The van der Waals surface area contributed by atoms with Crippen LogP contribution in [0.3, 0.4) is 0 Å². The summed E-state index contributed by atoms with van der Waals surface area (Å²) in [6.45, 7) is 6.42. The Labute approximate surface area is 254 Å². The maximum atomic E-state index is 6.24. The van der Waals surface area contributed by atoms with E-state index >= 15 is 0 Å². The zero-order valence-corrected chi connectivity index (χ0v) is 25.1. The van der Waals surface area contributed by atoms with Gasteiger partial charge in [-0.2, -0.15) is 0 Å². The number of nitrogens with two attached hydrogens (primary N) is 2. The number of aryl methyl sites for hydroxylation is 2. The summed E-state index contributed by atoms with van der Waals surface area (Å²) in [5, 5.41) is 1.48. The van der Waals surface area contributed by atoms with E-state index in [9.17, 15) is 0 Å². The van der Waals surface area contributed by atoms with E-state index < -0.39 is 0 Å². The average Bonchev–Trinajstić information content (AvgIpc) is 2.98. The SMILES string of the molecule is Cc1cc(B(OCCN)c2ccc(COCc3ccc(B(OCCN)c4ccc(Cl)c(C)c4)cc3)cc2)ccc1Cl. The number of ether oxygens (including phenoxy) is 1. The van der Waals surface area contributed by atoms with E-state index in [0.29, 0.717) is 39.5 Å². The van der Waals surface area contributed by atoms with Gasteiger partial charge < -0.3 is 25.5 Å². The molecule has 0 radical (unpaired) electrons. The van der Waals surface area contributed by atoms with Gasteiger partial charge in [-0.15, -0.1) is 0 Å². The molecule has 212 valence electrons. The highest BCUT2D eigenvalue weighted by Gasteiger charge is 2.23. The lowest BCUT2D eigenvalue weighted by atomic mass is 9.55. The van der Waals surface area contributed by atoms with Crippen molar-refractivity contribution in [1.82, 2.24) is 0 Å². The van der Waals surface area contributed by atoms with E-state index in [0.717, 1.165) is 54.2 Å². The van der Waals surface area contributed by atoms with Gasteiger partial charge in [0.25, 0.3) is 0 Å². The Morgan fingerprint density at radius 2 is 0.927 bits per heavy atom. The van der Waals surface area contributed by atoms with Crippen molar-refractivity contribution in [2.24, 2.45) is 11.5 Å². The summed E-state index contributed by atoms with van der Waals surface area (Å²) in [6, 6.07) is 28.6. The first-order valence-electron chi connectivity index (χ1n) is 13.8. The van der Waals surface area contributed by atoms with Gasteiger partial charge in [0.2, 0.25) is 0 Å². The monoisotopic (exact) mass is 588 g/mol. The lowest BCUT2D eigenvalue weighted by Crippen LogP contribution is -2.46. The van der Waals surface area contributed by atoms with Crippen LogP contribution in [0.15, 0.2) is 84.9 Å². The topological polar surface area (TPSA) is 79.7 Å². The molecule has 4 aromatic rings. The number of hydrogen-bond donors (Lipinski definition) is 2. The van der Waals surface area contributed by atoms with Crippen LogP contribution in [0, 0.1) is 13.8 Å². The van der Waals surface area contributed by atoms with Crippen LogP contribution in [-0.4, -0.2) is 40.1 Å². The Morgan fingerprint density at radius 1 is 0.561 bits per heavy atom. The molecule has 0 amide bonds. The molecular weight excluding hydrogens is 553 g/mol. The molecule has 4 aromatic carbocycles. The van der Waals surface area contributed by atoms with Gasteiger partial charge in [0, 0.05) is 36.3 Å². The first-order valence-corrected chi connectivity index (χ1v) is 14.6. The molecule has 5 nitrogen and oxygen atoms in total. The molecule has 4 N–H and O–H groups in total. The highest BCUT2D eigenvalue weighted by atomic mass is 35.5. The van der Waals surface area contributed by atoms with Gasteiger partial charge in [-0.1, -0.05) is 96.0 Å². The third kappa shape index (κ3) is 8.69. The summed E-state index contributed by atoms with van der Waals surface area (Å²) >= 11 is 12.5. The van der Waals surface area contributed by atoms with Gasteiger partial charge in [-0.05, 0) is 70.1 Å². The molecule has 0 fully saturated rings. The second kappa shape index (κ2) is 15.6. The Bertz CT molecular complexity index is 1300. The predicted molar refractivity (Wildman–Crippen MR) is 174 cm³/mol. The van der Waals surface area contributed by atoms with Crippen LogP contribution in [0.4, 0.5) is 0 Å². The molecule has 0 atom stereocenters. The van der Waals surface area contributed by atoms with Crippen LogP contribution in [0.2, 0.25) is 10.0 Å². The quantitative estimate of drug-likeness (QED) is 0.221. The van der Waals surface area contributed by atoms with Crippen molar-refractivity contribution in [3.05, 3.63) is 117 Å². The summed E-state index contributed by atoms with van der Waals surface area (Å²) in [7, 11) is 0. The van der Waals surface area contributed by atoms with Crippen LogP contribution in [0.1, 0.15) is 22.3 Å². The fourth-order valence-corrected chi connectivity index (χ4v) is 4.90. The van der Waals surface area contributed by atoms with Crippen molar-refractivity contribution in [1.29, 1.82) is 0 Å². The number of benzene rings is 4. The van der Waals surface area contributed by atoms with Crippen molar-refractivity contribution < 1.29 is 14.0 Å². The van der Waals surface area contributed by atoms with Gasteiger partial charge in [-0.25, -0.2) is 0 Å². The molecule has 0 aliphatic carbocycles. The van der Waals surface area contributed by atoms with Crippen LogP contribution in [0.25, 0.3) is 0 Å². The van der Waals surface area contributed by atoms with E-state index in [4.69, 9.17) is 48.7 Å². The van der Waals surface area contributed by atoms with E-state index in [1.807, 2.05) is 38.1 Å². The van der Waals surface area contributed by atoms with Crippen LogP contribution in [0.5, 0.6) is 0 Å². The number of hydrogen-bond acceptors (Lipinski definition) is 5. The molecule has 0 saturated heterocycles. The molecule has 0 aliphatic heterocycles. The Kier molecular flexibility index (Phi) is 11.9. The normalized spacial score (nSPS) is 11.1. The van der Waals surface area contributed by atoms with Crippen molar-refractivity contribution in [2.75, 3.05) is 26.3 Å². The lowest BCUT2D eigenvalue weighted by molar-refractivity contribution is 0.107. The van der Waals surface area contributed by atoms with Crippen LogP contribution >= 0.6 is 23.2 Å². The summed E-state index contributed by atoms with van der Waals surface area (Å²) in [5.74, 6) is 0. The standard InChI is InChI=1S/C32H36B2Cl2N2O3/c1-23-19-29(11-13-31(23)35)33(40-17-15-37)27-7-3-25(4-8-27)21-39-22-26-5-9-28(10-6-26)34(41-18-16-38)30-12-14-32(36)24(2)20-30/h3-14,19-20H,15-18,21-22,37-38H2,1-2H3. The molecule has 41 heavy (non-hydrogen) atoms. The second-order valence-corrected chi connectivity index (χ2v) is 10.9. The second-order valence-electron chi connectivity index (χ2n) is 10.1. The molecule has 0 saturated carbocycles. The largest absolute Gasteiger partial charge is 0.426 e. The molecule has 0 spiro atoms. The fourth-order valence-electron chi connectivity index (χ4n) is 4.67. The molecule has 0 heterocycles. The molecule has 0 aliphatic rings. The minimum absolute atomic E-state index is 0.211. The summed E-state index contributed by atoms with van der Waals surface area (Å²) in [4.78, 5) is 0. The molecular formula is C32H36B2Cl2N2O3. The van der Waals surface area contributed by atoms with Crippen LogP contribution in [-0.2, 0) is 27.3 Å². The van der Waals surface area contributed by atoms with Crippen LogP contribution < -0.4 is 33.3 Å². The van der Waals surface area contributed by atoms with Gasteiger partial charge >= 0.3 is 13.8 Å². The Hall–Kier alpha value is -2.61. The molecule has 0 bridgehead atoms. The smallest absolute Gasteiger partial charge is 0.361 e. The van der Waals surface area contributed by atoms with Gasteiger partial charge in [0.05, 0.1) is 13.2 Å². The average molecular weight is 589 g/mol. The van der Waals surface area contributed by atoms with Gasteiger partial charge in [0.1, 0.15) is 0 Å². The maximum absolute atomic E-state index is 6.24. The molecule has 0 aromatic heterocycles. The van der Waals surface area contributed by atoms with E-state index in [1.54, 1.807) is 0 Å². The third-order valence-electron chi connectivity index (χ3n) is 6.88. The Morgan fingerprint density at radius 3 is 1.27 bits per heavy atom. The first-order chi connectivity index (χ1) is 19.9. The van der Waals surface area contributed by atoms with E-state index in [-0.39, 0.29) is 13.8 Å². The van der Waals surface area contributed by atoms with Crippen molar-refractivity contribution >= 4 is 58.9 Å². The highest BCUT2D eigenvalue weighted by Crippen LogP contribution is 2.14. The first kappa shape index (κ1) is 31.3. The van der Waals surface area contributed by atoms with Gasteiger partial charge in [-0.3, -0.25) is 0 Å². The molecule has 0 unspecified atom stereocenters. The van der Waals surface area contributed by atoms with E-state index in [1.165, 1.54) is 0 Å². The number of halogens is 2. The van der Waals surface area contributed by atoms with E-state index in [2.05, 4.69) is 60.7 Å². The lowest BCUT2D eigenvalue weighted by Gasteiger charge is -2.17. The number of rotatable bonds is 14. The van der Waals surface area contributed by atoms with Crippen molar-refractivity contribution in [3.8, 4) is 0 Å².